The number of aryl methyl sites for hydroxylation is 1. The van der Waals surface area contributed by atoms with Gasteiger partial charge in [0.15, 0.2) is 5.69 Å². The lowest BCUT2D eigenvalue weighted by Gasteiger charge is -2.24. The molecule has 1 N–H and O–H groups in total. The second-order valence-corrected chi connectivity index (χ2v) is 6.95. The number of anilines is 1. The number of halogens is 3. The van der Waals surface area contributed by atoms with Crippen LogP contribution in [0.5, 0.6) is 0 Å². The molecule has 0 bridgehead atoms. The van der Waals surface area contributed by atoms with Crippen molar-refractivity contribution >= 4 is 11.6 Å². The Hall–Kier alpha value is -3.13. The Balaban J connectivity index is 1.49. The maximum atomic E-state index is 12.8. The zero-order valence-electron chi connectivity index (χ0n) is 15.5. The van der Waals surface area contributed by atoms with Crippen LogP contribution in [-0.4, -0.2) is 15.7 Å². The molecule has 8 heteroatoms. The molecule has 0 spiro atoms. The van der Waals surface area contributed by atoms with Crippen LogP contribution in [0.1, 0.15) is 39.0 Å². The first-order valence-electron chi connectivity index (χ1n) is 9.03. The fourth-order valence-electron chi connectivity index (χ4n) is 3.19. The van der Waals surface area contributed by atoms with Crippen LogP contribution in [0, 0.1) is 6.92 Å². The lowest BCUT2D eigenvalue weighted by atomic mass is 10.1. The van der Waals surface area contributed by atoms with E-state index in [1.54, 1.807) is 10.7 Å². The van der Waals surface area contributed by atoms with E-state index in [0.29, 0.717) is 13.2 Å². The molecule has 3 aromatic rings. The second-order valence-electron chi connectivity index (χ2n) is 6.95. The summed E-state index contributed by atoms with van der Waals surface area (Å²) in [7, 11) is 0. The van der Waals surface area contributed by atoms with E-state index in [4.69, 9.17) is 4.74 Å². The predicted molar refractivity (Wildman–Crippen MR) is 100 cm³/mol. The minimum Gasteiger partial charge on any atom is -0.365 e. The van der Waals surface area contributed by atoms with E-state index < -0.39 is 17.6 Å². The lowest BCUT2D eigenvalue weighted by molar-refractivity contribution is -0.137. The molecule has 1 aliphatic heterocycles. The first-order valence-corrected chi connectivity index (χ1v) is 9.03. The van der Waals surface area contributed by atoms with Gasteiger partial charge in [0.2, 0.25) is 0 Å². The number of carbonyl (C=O) groups is 1. The Kier molecular flexibility index (Phi) is 4.87. The normalized spacial score (nSPS) is 16.3. The van der Waals surface area contributed by atoms with Crippen LogP contribution in [0.2, 0.25) is 0 Å². The number of ether oxygens (including phenoxy) is 1. The number of benzene rings is 2. The van der Waals surface area contributed by atoms with E-state index in [9.17, 15) is 18.0 Å². The number of hydrogen-bond donors (Lipinski definition) is 1. The van der Waals surface area contributed by atoms with Gasteiger partial charge >= 0.3 is 6.18 Å². The van der Waals surface area contributed by atoms with E-state index in [2.05, 4.69) is 10.4 Å². The fourth-order valence-corrected chi connectivity index (χ4v) is 3.19. The van der Waals surface area contributed by atoms with Gasteiger partial charge in [0.25, 0.3) is 5.91 Å². The highest BCUT2D eigenvalue weighted by atomic mass is 19.4. The summed E-state index contributed by atoms with van der Waals surface area (Å²) < 4.78 is 46.1. The van der Waals surface area contributed by atoms with Crippen LogP contribution in [-0.2, 0) is 24.1 Å². The van der Waals surface area contributed by atoms with Crippen LogP contribution in [0.25, 0.3) is 0 Å². The molecule has 0 saturated carbocycles. The first kappa shape index (κ1) is 19.2. The average Bonchev–Trinajstić information content (AvgIpc) is 3.12. The third-order valence-electron chi connectivity index (χ3n) is 4.76. The molecule has 0 fully saturated rings. The van der Waals surface area contributed by atoms with Crippen LogP contribution < -0.4 is 5.32 Å². The number of nitrogens with one attached hydrogen (secondary N) is 1. The third kappa shape index (κ3) is 4.17. The Morgan fingerprint density at radius 3 is 2.66 bits per heavy atom. The molecule has 0 saturated heterocycles. The molecular formula is C21H18F3N3O2. The topological polar surface area (TPSA) is 56.2 Å². The van der Waals surface area contributed by atoms with E-state index in [1.165, 1.54) is 12.1 Å². The van der Waals surface area contributed by atoms with Gasteiger partial charge < -0.3 is 10.1 Å². The Morgan fingerprint density at radius 1 is 1.17 bits per heavy atom. The van der Waals surface area contributed by atoms with Crippen molar-refractivity contribution in [2.24, 2.45) is 0 Å². The number of amides is 1. The average molecular weight is 401 g/mol. The highest BCUT2D eigenvalue weighted by Crippen LogP contribution is 2.31. The molecule has 0 radical (unpaired) electrons. The maximum absolute atomic E-state index is 12.8. The SMILES string of the molecule is Cc1ccc([C@@H]2Cn3nc(C(=O)Nc4cccc(C(F)(F)F)c4)cc3CO2)cc1. The van der Waals surface area contributed by atoms with Crippen molar-refractivity contribution in [3.8, 4) is 0 Å². The summed E-state index contributed by atoms with van der Waals surface area (Å²) in [4.78, 5) is 12.5. The van der Waals surface area contributed by atoms with Gasteiger partial charge in [-0.2, -0.15) is 18.3 Å². The molecule has 1 amide bonds. The number of nitrogens with zero attached hydrogens (tertiary/aromatic N) is 2. The maximum Gasteiger partial charge on any atom is 0.416 e. The molecular weight excluding hydrogens is 383 g/mol. The van der Waals surface area contributed by atoms with Crippen molar-refractivity contribution in [3.05, 3.63) is 82.7 Å². The van der Waals surface area contributed by atoms with Crippen LogP contribution in [0.15, 0.2) is 54.6 Å². The number of alkyl halides is 3. The lowest BCUT2D eigenvalue weighted by Crippen LogP contribution is -2.22. The molecule has 4 rings (SSSR count). The third-order valence-corrected chi connectivity index (χ3v) is 4.76. The number of hydrogen-bond acceptors (Lipinski definition) is 3. The van der Waals surface area contributed by atoms with Gasteiger partial charge in [-0.1, -0.05) is 35.9 Å². The molecule has 5 nitrogen and oxygen atoms in total. The van der Waals surface area contributed by atoms with Gasteiger partial charge in [-0.05, 0) is 36.8 Å². The van der Waals surface area contributed by atoms with Crippen LogP contribution in [0.3, 0.4) is 0 Å². The zero-order chi connectivity index (χ0) is 20.6. The highest BCUT2D eigenvalue weighted by Gasteiger charge is 2.30. The molecule has 0 unspecified atom stereocenters. The summed E-state index contributed by atoms with van der Waals surface area (Å²) >= 11 is 0. The van der Waals surface area contributed by atoms with Gasteiger partial charge in [-0.25, -0.2) is 0 Å². The molecule has 1 atom stereocenters. The summed E-state index contributed by atoms with van der Waals surface area (Å²) in [5, 5.41) is 6.79. The van der Waals surface area contributed by atoms with Crippen molar-refractivity contribution in [1.82, 2.24) is 9.78 Å². The van der Waals surface area contributed by atoms with Gasteiger partial charge in [0.1, 0.15) is 6.10 Å². The largest absolute Gasteiger partial charge is 0.416 e. The van der Waals surface area contributed by atoms with E-state index in [1.807, 2.05) is 31.2 Å². The summed E-state index contributed by atoms with van der Waals surface area (Å²) in [6, 6.07) is 14.1. The molecule has 1 aromatic heterocycles. The summed E-state index contributed by atoms with van der Waals surface area (Å²) in [6.07, 6.45) is -4.65. The zero-order valence-corrected chi connectivity index (χ0v) is 15.5. The summed E-state index contributed by atoms with van der Waals surface area (Å²) in [5.74, 6) is -0.571. The minimum absolute atomic E-state index is 0.0598. The molecule has 2 heterocycles. The van der Waals surface area contributed by atoms with Crippen molar-refractivity contribution in [3.63, 3.8) is 0 Å². The standard InChI is InChI=1S/C21H18F3N3O2/c1-13-5-7-14(8-6-13)19-11-27-17(12-29-19)10-18(26-27)20(28)25-16-4-2-3-15(9-16)21(22,23)24/h2-10,19H,11-12H2,1H3,(H,25,28)/t19-/m0/s1. The molecule has 150 valence electrons. The van der Waals surface area contributed by atoms with Gasteiger partial charge in [-0.15, -0.1) is 0 Å². The fraction of sp³-hybridized carbons (Fsp3) is 0.238. The predicted octanol–water partition coefficient (Wildman–Crippen LogP) is 4.73. The van der Waals surface area contributed by atoms with Crippen molar-refractivity contribution in [1.29, 1.82) is 0 Å². The number of carbonyl (C=O) groups excluding carboxylic acids is 1. The summed E-state index contributed by atoms with van der Waals surface area (Å²) in [6.45, 7) is 2.75. The van der Waals surface area contributed by atoms with Crippen molar-refractivity contribution in [2.45, 2.75) is 32.4 Å². The first-order chi connectivity index (χ1) is 13.8. The Bertz CT molecular complexity index is 1040. The smallest absolute Gasteiger partial charge is 0.365 e. The second kappa shape index (κ2) is 7.36. The Labute approximate surface area is 165 Å². The van der Waals surface area contributed by atoms with Crippen molar-refractivity contribution in [2.75, 3.05) is 5.32 Å². The number of rotatable bonds is 3. The minimum atomic E-state index is -4.48. The van der Waals surface area contributed by atoms with Crippen LogP contribution in [0.4, 0.5) is 18.9 Å². The van der Waals surface area contributed by atoms with Crippen LogP contribution >= 0.6 is 0 Å². The molecule has 29 heavy (non-hydrogen) atoms. The van der Waals surface area contributed by atoms with Gasteiger partial charge in [0, 0.05) is 5.69 Å². The van der Waals surface area contributed by atoms with E-state index in [0.717, 1.165) is 29.0 Å². The van der Waals surface area contributed by atoms with Crippen molar-refractivity contribution < 1.29 is 22.7 Å². The highest BCUT2D eigenvalue weighted by molar-refractivity contribution is 6.03. The molecule has 1 aliphatic rings. The van der Waals surface area contributed by atoms with Gasteiger partial charge in [0.05, 0.1) is 24.4 Å². The number of aromatic nitrogens is 2. The summed E-state index contributed by atoms with van der Waals surface area (Å²) in [5.41, 5.74) is 2.27. The van der Waals surface area contributed by atoms with E-state index >= 15 is 0 Å². The van der Waals surface area contributed by atoms with Gasteiger partial charge in [-0.3, -0.25) is 9.48 Å². The molecule has 0 aliphatic carbocycles. The Morgan fingerprint density at radius 2 is 1.93 bits per heavy atom. The van der Waals surface area contributed by atoms with E-state index in [-0.39, 0.29) is 17.5 Å². The quantitative estimate of drug-likeness (QED) is 0.690. The number of fused-ring (bicyclic) bond motifs is 1. The monoisotopic (exact) mass is 401 g/mol. The molecule has 2 aromatic carbocycles.